The number of piperidine rings is 1. The van der Waals surface area contributed by atoms with Crippen molar-refractivity contribution < 1.29 is 16.8 Å². The number of sulfone groups is 1. The number of nitrogens with zero attached hydrogens (tertiary/aromatic N) is 2. The second-order valence-corrected chi connectivity index (χ2v) is 11.9. The van der Waals surface area contributed by atoms with Crippen molar-refractivity contribution in [2.75, 3.05) is 51.0 Å². The number of nitrogens with one attached hydrogen (secondary N) is 3. The highest BCUT2D eigenvalue weighted by Crippen LogP contribution is 2.11. The monoisotopic (exact) mass is 425 g/mol. The molecule has 0 bridgehead atoms. The molecule has 0 aliphatic carbocycles. The minimum absolute atomic E-state index is 0.192. The third-order valence-electron chi connectivity index (χ3n) is 4.15. The van der Waals surface area contributed by atoms with Gasteiger partial charge in [-0.15, -0.1) is 0 Å². The molecule has 0 amide bonds. The normalized spacial score (nSPS) is 18.5. The van der Waals surface area contributed by atoms with Crippen molar-refractivity contribution in [3.05, 3.63) is 0 Å². The summed E-state index contributed by atoms with van der Waals surface area (Å²) in [7, 11) is -6.23. The average molecular weight is 426 g/mol. The van der Waals surface area contributed by atoms with E-state index in [1.807, 2.05) is 6.92 Å². The lowest BCUT2D eigenvalue weighted by molar-refractivity contribution is 0.216. The van der Waals surface area contributed by atoms with Crippen LogP contribution in [0, 0.1) is 0 Å². The van der Waals surface area contributed by atoms with Gasteiger partial charge in [-0.2, -0.15) is 0 Å². The first kappa shape index (κ1) is 24.1. The standard InChI is InChI=1S/C16H35N5O4S2/c1-6-17-15(18-13-16(2,3)20-27(5,24)25)19-14-7-9-21(10-8-14)11-12-26(4,22)23/h14,20H,6-13H2,1-5H3,(H2,17,18,19). The van der Waals surface area contributed by atoms with Crippen LogP contribution in [0.1, 0.15) is 33.6 Å². The van der Waals surface area contributed by atoms with E-state index in [9.17, 15) is 16.8 Å². The highest BCUT2D eigenvalue weighted by Gasteiger charge is 2.23. The maximum Gasteiger partial charge on any atom is 0.209 e. The highest BCUT2D eigenvalue weighted by atomic mass is 32.2. The number of rotatable bonds is 9. The maximum atomic E-state index is 11.4. The number of sulfonamides is 1. The molecule has 1 saturated heterocycles. The molecule has 1 fully saturated rings. The molecule has 1 aliphatic rings. The summed E-state index contributed by atoms with van der Waals surface area (Å²) in [6.45, 7) is 8.84. The molecule has 9 nitrogen and oxygen atoms in total. The van der Waals surface area contributed by atoms with Gasteiger partial charge in [-0.05, 0) is 33.6 Å². The van der Waals surface area contributed by atoms with Crippen LogP contribution in [0.3, 0.4) is 0 Å². The summed E-state index contributed by atoms with van der Waals surface area (Å²) >= 11 is 0. The first-order chi connectivity index (χ1) is 12.3. The highest BCUT2D eigenvalue weighted by molar-refractivity contribution is 7.90. The largest absolute Gasteiger partial charge is 0.357 e. The molecule has 0 aromatic heterocycles. The summed E-state index contributed by atoms with van der Waals surface area (Å²) < 4.78 is 48.1. The van der Waals surface area contributed by atoms with Crippen LogP contribution in [-0.2, 0) is 19.9 Å². The van der Waals surface area contributed by atoms with Gasteiger partial charge in [0.2, 0.25) is 10.0 Å². The van der Waals surface area contributed by atoms with Gasteiger partial charge in [-0.3, -0.25) is 4.99 Å². The van der Waals surface area contributed by atoms with Crippen LogP contribution >= 0.6 is 0 Å². The molecule has 1 heterocycles. The molecule has 1 aliphatic heterocycles. The fourth-order valence-corrected chi connectivity index (χ4v) is 4.58. The lowest BCUT2D eigenvalue weighted by Gasteiger charge is -2.33. The third-order valence-corrected chi connectivity index (χ3v) is 5.99. The Bertz CT molecular complexity index is 696. The van der Waals surface area contributed by atoms with Gasteiger partial charge in [0.25, 0.3) is 0 Å². The molecule has 27 heavy (non-hydrogen) atoms. The smallest absolute Gasteiger partial charge is 0.209 e. The fraction of sp³-hybridized carbons (Fsp3) is 0.938. The van der Waals surface area contributed by atoms with Gasteiger partial charge >= 0.3 is 0 Å². The quantitative estimate of drug-likeness (QED) is 0.333. The van der Waals surface area contributed by atoms with Crippen molar-refractivity contribution in [1.82, 2.24) is 20.3 Å². The zero-order valence-corrected chi connectivity index (χ0v) is 18.7. The number of guanidine groups is 1. The molecule has 0 unspecified atom stereocenters. The van der Waals surface area contributed by atoms with Gasteiger partial charge in [0.05, 0.1) is 18.6 Å². The number of hydrogen-bond acceptors (Lipinski definition) is 6. The number of likely N-dealkylation sites (tertiary alicyclic amines) is 1. The van der Waals surface area contributed by atoms with Crippen molar-refractivity contribution in [1.29, 1.82) is 0 Å². The SMILES string of the molecule is CCNC(=NCC(C)(C)NS(C)(=O)=O)NC1CCN(CCS(C)(=O)=O)CC1. The predicted molar refractivity (Wildman–Crippen MR) is 110 cm³/mol. The van der Waals surface area contributed by atoms with Crippen LogP contribution in [0.4, 0.5) is 0 Å². The van der Waals surface area contributed by atoms with E-state index in [4.69, 9.17) is 0 Å². The molecule has 11 heteroatoms. The predicted octanol–water partition coefficient (Wildman–Crippen LogP) is -0.622. The van der Waals surface area contributed by atoms with E-state index in [0.717, 1.165) is 32.2 Å². The van der Waals surface area contributed by atoms with Crippen LogP contribution in [0.5, 0.6) is 0 Å². The molecule has 3 N–H and O–H groups in total. The summed E-state index contributed by atoms with van der Waals surface area (Å²) in [6, 6.07) is 0.253. The van der Waals surface area contributed by atoms with Crippen LogP contribution in [0.25, 0.3) is 0 Å². The number of aliphatic imine (C=N–C) groups is 1. The van der Waals surface area contributed by atoms with E-state index in [1.165, 1.54) is 6.26 Å². The van der Waals surface area contributed by atoms with Gasteiger partial charge < -0.3 is 15.5 Å². The molecule has 1 rings (SSSR count). The lowest BCUT2D eigenvalue weighted by Crippen LogP contribution is -2.50. The topological polar surface area (TPSA) is 120 Å². The Labute approximate surface area is 164 Å². The van der Waals surface area contributed by atoms with Crippen LogP contribution in [-0.4, -0.2) is 90.3 Å². The molecule has 0 atom stereocenters. The van der Waals surface area contributed by atoms with Crippen molar-refractivity contribution >= 4 is 25.8 Å². The fourth-order valence-electron chi connectivity index (χ4n) is 2.92. The first-order valence-corrected chi connectivity index (χ1v) is 13.2. The van der Waals surface area contributed by atoms with Crippen molar-refractivity contribution in [2.24, 2.45) is 4.99 Å². The minimum atomic E-state index is -3.30. The molecule has 0 spiro atoms. The van der Waals surface area contributed by atoms with Gasteiger partial charge in [-0.25, -0.2) is 21.6 Å². The summed E-state index contributed by atoms with van der Waals surface area (Å²) in [5.74, 6) is 0.855. The van der Waals surface area contributed by atoms with Crippen LogP contribution in [0.15, 0.2) is 4.99 Å². The molecular weight excluding hydrogens is 390 g/mol. The Morgan fingerprint density at radius 2 is 1.74 bits per heavy atom. The molecule has 0 saturated carbocycles. The summed E-state index contributed by atoms with van der Waals surface area (Å²) in [6.07, 6.45) is 4.21. The Balaban J connectivity index is 2.55. The second kappa shape index (κ2) is 10.0. The van der Waals surface area contributed by atoms with Gasteiger partial charge in [0.15, 0.2) is 5.96 Å². The minimum Gasteiger partial charge on any atom is -0.357 e. The van der Waals surface area contributed by atoms with Crippen LogP contribution < -0.4 is 15.4 Å². The van der Waals surface area contributed by atoms with Gasteiger partial charge in [0, 0.05) is 44.0 Å². The maximum absolute atomic E-state index is 11.4. The van der Waals surface area contributed by atoms with E-state index >= 15 is 0 Å². The lowest BCUT2D eigenvalue weighted by atomic mass is 10.1. The van der Waals surface area contributed by atoms with Crippen LogP contribution in [0.2, 0.25) is 0 Å². The molecular formula is C16H35N5O4S2. The zero-order chi connectivity index (χ0) is 20.7. The Morgan fingerprint density at radius 3 is 2.22 bits per heavy atom. The summed E-state index contributed by atoms with van der Waals surface area (Å²) in [5.41, 5.74) is -0.676. The van der Waals surface area contributed by atoms with Crippen molar-refractivity contribution in [3.63, 3.8) is 0 Å². The Morgan fingerprint density at radius 1 is 1.15 bits per heavy atom. The van der Waals surface area contributed by atoms with E-state index in [2.05, 4.69) is 25.2 Å². The van der Waals surface area contributed by atoms with Gasteiger partial charge in [-0.1, -0.05) is 0 Å². The van der Waals surface area contributed by atoms with Crippen molar-refractivity contribution in [2.45, 2.75) is 45.2 Å². The third kappa shape index (κ3) is 11.5. The van der Waals surface area contributed by atoms with E-state index in [1.54, 1.807) is 13.8 Å². The molecule has 0 radical (unpaired) electrons. The van der Waals surface area contributed by atoms with E-state index in [0.29, 0.717) is 25.6 Å². The van der Waals surface area contributed by atoms with E-state index < -0.39 is 25.4 Å². The zero-order valence-electron chi connectivity index (χ0n) is 17.1. The van der Waals surface area contributed by atoms with Gasteiger partial charge in [0.1, 0.15) is 9.84 Å². The Hall–Kier alpha value is -0.910. The second-order valence-electron chi connectivity index (χ2n) is 7.84. The number of hydrogen-bond donors (Lipinski definition) is 3. The van der Waals surface area contributed by atoms with E-state index in [-0.39, 0.29) is 11.8 Å². The molecule has 160 valence electrons. The first-order valence-electron chi connectivity index (χ1n) is 9.23. The summed E-state index contributed by atoms with van der Waals surface area (Å²) in [5, 5.41) is 6.59. The Kier molecular flexibility index (Phi) is 8.97. The molecule has 0 aromatic carbocycles. The average Bonchev–Trinajstić information content (AvgIpc) is 2.49. The molecule has 0 aromatic rings. The van der Waals surface area contributed by atoms with Crippen molar-refractivity contribution in [3.8, 4) is 0 Å². The summed E-state index contributed by atoms with van der Waals surface area (Å²) in [4.78, 5) is 6.69.